The van der Waals surface area contributed by atoms with Crippen molar-refractivity contribution >= 4 is 21.6 Å². The first-order valence-corrected chi connectivity index (χ1v) is 4.63. The van der Waals surface area contributed by atoms with Crippen LogP contribution >= 0.6 is 15.9 Å². The van der Waals surface area contributed by atoms with Crippen molar-refractivity contribution in [2.24, 2.45) is 0 Å². The summed E-state index contributed by atoms with van der Waals surface area (Å²) in [6, 6.07) is 1.87. The van der Waals surface area contributed by atoms with Gasteiger partial charge in [0.15, 0.2) is 0 Å². The van der Waals surface area contributed by atoms with Crippen molar-refractivity contribution in [2.75, 3.05) is 11.1 Å². The molecule has 0 spiro atoms. The quantitative estimate of drug-likeness (QED) is 0.539. The third kappa shape index (κ3) is 2.24. The summed E-state index contributed by atoms with van der Waals surface area (Å²) in [5.74, 6) is 5.71. The van der Waals surface area contributed by atoms with E-state index in [0.29, 0.717) is 16.7 Å². The van der Waals surface area contributed by atoms with Gasteiger partial charge in [0, 0.05) is 6.20 Å². The number of alkyl halides is 1. The van der Waals surface area contributed by atoms with E-state index >= 15 is 0 Å². The summed E-state index contributed by atoms with van der Waals surface area (Å²) in [6.07, 6.45) is 1.76. The Bertz CT molecular complexity index is 336. The molecule has 0 aliphatic heterocycles. The van der Waals surface area contributed by atoms with Crippen LogP contribution in [0.1, 0.15) is 11.3 Å². The van der Waals surface area contributed by atoms with Gasteiger partial charge in [0.2, 0.25) is 0 Å². The van der Waals surface area contributed by atoms with Gasteiger partial charge in [-0.1, -0.05) is 21.9 Å². The highest BCUT2D eigenvalue weighted by atomic mass is 79.9. The second-order valence-electron chi connectivity index (χ2n) is 2.39. The van der Waals surface area contributed by atoms with Crippen LogP contribution in [0, 0.1) is 18.8 Å². The van der Waals surface area contributed by atoms with Crippen molar-refractivity contribution in [3.05, 3.63) is 23.5 Å². The van der Waals surface area contributed by atoms with Crippen LogP contribution in [0.2, 0.25) is 0 Å². The van der Waals surface area contributed by atoms with Gasteiger partial charge in [-0.05, 0) is 24.5 Å². The average molecular weight is 225 g/mol. The molecule has 0 saturated carbocycles. The Balaban J connectivity index is 3.01. The van der Waals surface area contributed by atoms with Gasteiger partial charge in [-0.2, -0.15) is 0 Å². The summed E-state index contributed by atoms with van der Waals surface area (Å²) in [6.45, 7) is 1.95. The number of pyridine rings is 1. The Morgan fingerprint density at radius 3 is 3.00 bits per heavy atom. The van der Waals surface area contributed by atoms with Gasteiger partial charge >= 0.3 is 0 Å². The van der Waals surface area contributed by atoms with Crippen LogP contribution < -0.4 is 5.73 Å². The van der Waals surface area contributed by atoms with Gasteiger partial charge in [-0.15, -0.1) is 0 Å². The number of aromatic nitrogens is 1. The van der Waals surface area contributed by atoms with Gasteiger partial charge in [0.25, 0.3) is 0 Å². The monoisotopic (exact) mass is 224 g/mol. The molecule has 0 atom stereocenters. The van der Waals surface area contributed by atoms with E-state index in [1.165, 1.54) is 0 Å². The largest absolute Gasteiger partial charge is 0.396 e. The molecule has 1 rings (SSSR count). The second kappa shape index (κ2) is 4.13. The predicted molar refractivity (Wildman–Crippen MR) is 54.1 cm³/mol. The number of halogens is 1. The van der Waals surface area contributed by atoms with Crippen LogP contribution in [-0.4, -0.2) is 10.3 Å². The molecule has 0 aliphatic rings. The van der Waals surface area contributed by atoms with E-state index in [-0.39, 0.29) is 0 Å². The van der Waals surface area contributed by atoms with Gasteiger partial charge in [0.05, 0.1) is 11.0 Å². The number of hydrogen-bond acceptors (Lipinski definition) is 2. The molecule has 0 bridgehead atoms. The number of anilines is 1. The highest BCUT2D eigenvalue weighted by Gasteiger charge is 1.95. The van der Waals surface area contributed by atoms with E-state index < -0.39 is 0 Å². The van der Waals surface area contributed by atoms with Crippen molar-refractivity contribution in [1.29, 1.82) is 0 Å². The minimum Gasteiger partial charge on any atom is -0.396 e. The Labute approximate surface area is 80.3 Å². The fourth-order valence-corrected chi connectivity index (χ4v) is 0.954. The molecule has 3 heteroatoms. The van der Waals surface area contributed by atoms with Gasteiger partial charge in [-0.3, -0.25) is 0 Å². The topological polar surface area (TPSA) is 38.9 Å². The van der Waals surface area contributed by atoms with Crippen molar-refractivity contribution in [3.63, 3.8) is 0 Å². The predicted octanol–water partition coefficient (Wildman–Crippen LogP) is 1.72. The molecule has 0 aliphatic carbocycles. The number of nitrogen functional groups attached to an aromatic ring is 1. The fraction of sp³-hybridized carbons (Fsp3) is 0.222. The van der Waals surface area contributed by atoms with Crippen molar-refractivity contribution in [2.45, 2.75) is 6.92 Å². The molecule has 0 radical (unpaired) electrons. The normalized spacial score (nSPS) is 8.83. The van der Waals surface area contributed by atoms with E-state index in [1.54, 1.807) is 6.20 Å². The summed E-state index contributed by atoms with van der Waals surface area (Å²) >= 11 is 3.20. The number of hydrogen-bond donors (Lipinski definition) is 1. The molecular weight excluding hydrogens is 216 g/mol. The number of nitrogens with two attached hydrogens (primary N) is 1. The molecule has 12 heavy (non-hydrogen) atoms. The molecule has 0 unspecified atom stereocenters. The van der Waals surface area contributed by atoms with Crippen LogP contribution in [0.5, 0.6) is 0 Å². The molecule has 0 saturated heterocycles. The first-order valence-electron chi connectivity index (χ1n) is 3.51. The smallest absolute Gasteiger partial charge is 0.136 e. The third-order valence-electron chi connectivity index (χ3n) is 1.33. The minimum absolute atomic E-state index is 0.641. The number of aryl methyl sites for hydroxylation is 1. The van der Waals surface area contributed by atoms with E-state index in [4.69, 9.17) is 5.73 Å². The van der Waals surface area contributed by atoms with Crippen LogP contribution in [0.3, 0.4) is 0 Å². The first-order chi connectivity index (χ1) is 5.74. The Hall–Kier alpha value is -1.01. The van der Waals surface area contributed by atoms with Gasteiger partial charge < -0.3 is 5.73 Å². The fourth-order valence-electron chi connectivity index (χ4n) is 0.813. The maximum Gasteiger partial charge on any atom is 0.136 e. The lowest BCUT2D eigenvalue weighted by Gasteiger charge is -1.97. The zero-order chi connectivity index (χ0) is 8.97. The molecule has 62 valence electrons. The van der Waals surface area contributed by atoms with Crippen molar-refractivity contribution in [3.8, 4) is 11.8 Å². The van der Waals surface area contributed by atoms with E-state index in [9.17, 15) is 0 Å². The van der Waals surface area contributed by atoms with Crippen molar-refractivity contribution in [1.82, 2.24) is 4.98 Å². The van der Waals surface area contributed by atoms with Crippen LogP contribution in [-0.2, 0) is 0 Å². The Kier molecular flexibility index (Phi) is 3.12. The molecule has 2 N–H and O–H groups in total. The summed E-state index contributed by atoms with van der Waals surface area (Å²) in [7, 11) is 0. The van der Waals surface area contributed by atoms with Crippen LogP contribution in [0.4, 0.5) is 5.69 Å². The summed E-state index contributed by atoms with van der Waals surface area (Å²) in [5, 5.41) is 0.641. The molecule has 0 amide bonds. The van der Waals surface area contributed by atoms with Crippen molar-refractivity contribution < 1.29 is 0 Å². The first kappa shape index (κ1) is 9.08. The molecule has 0 fully saturated rings. The minimum atomic E-state index is 0.641. The van der Waals surface area contributed by atoms with E-state index in [2.05, 4.69) is 32.8 Å². The molecule has 1 aromatic rings. The van der Waals surface area contributed by atoms with Gasteiger partial charge in [0.1, 0.15) is 5.69 Å². The SMILES string of the molecule is Cc1cnc(C#CCBr)c(N)c1. The number of nitrogens with zero attached hydrogens (tertiary/aromatic N) is 1. The standard InChI is InChI=1S/C9H9BrN2/c1-7-5-8(11)9(12-6-7)3-2-4-10/h5-6H,4,11H2,1H3. The Morgan fingerprint density at radius 2 is 2.42 bits per heavy atom. The summed E-state index contributed by atoms with van der Waals surface area (Å²) in [4.78, 5) is 4.10. The van der Waals surface area contributed by atoms with E-state index in [0.717, 1.165) is 5.56 Å². The lowest BCUT2D eigenvalue weighted by molar-refractivity contribution is 1.24. The molecule has 2 nitrogen and oxygen atoms in total. The number of rotatable bonds is 0. The lowest BCUT2D eigenvalue weighted by Crippen LogP contribution is -1.94. The van der Waals surface area contributed by atoms with Gasteiger partial charge in [-0.25, -0.2) is 4.98 Å². The Morgan fingerprint density at radius 1 is 1.67 bits per heavy atom. The lowest BCUT2D eigenvalue weighted by atomic mass is 10.2. The molecule has 0 aromatic carbocycles. The molecule has 1 heterocycles. The zero-order valence-corrected chi connectivity index (χ0v) is 8.35. The van der Waals surface area contributed by atoms with E-state index in [1.807, 2.05) is 13.0 Å². The highest BCUT2D eigenvalue weighted by molar-refractivity contribution is 9.09. The maximum absolute atomic E-state index is 5.68. The third-order valence-corrected chi connectivity index (χ3v) is 1.61. The van der Waals surface area contributed by atoms with Crippen LogP contribution in [0.25, 0.3) is 0 Å². The van der Waals surface area contributed by atoms with Crippen LogP contribution in [0.15, 0.2) is 12.3 Å². The highest BCUT2D eigenvalue weighted by Crippen LogP contribution is 2.08. The summed E-state index contributed by atoms with van der Waals surface area (Å²) in [5.41, 5.74) is 8.03. The average Bonchev–Trinajstić information content (AvgIpc) is 2.03. The molecule has 1 aromatic heterocycles. The molecular formula is C9H9BrN2. The zero-order valence-electron chi connectivity index (χ0n) is 6.76. The summed E-state index contributed by atoms with van der Waals surface area (Å²) < 4.78 is 0. The maximum atomic E-state index is 5.68. The second-order valence-corrected chi connectivity index (χ2v) is 2.95.